The van der Waals surface area contributed by atoms with Crippen molar-refractivity contribution < 1.29 is 14.3 Å². The first-order valence-electron chi connectivity index (χ1n) is 8.03. The van der Waals surface area contributed by atoms with E-state index in [9.17, 15) is 9.59 Å². The number of hydrogen-bond donors (Lipinski definition) is 1. The van der Waals surface area contributed by atoms with Gasteiger partial charge in [-0.25, -0.2) is 9.78 Å². The van der Waals surface area contributed by atoms with E-state index in [1.165, 1.54) is 16.9 Å². The van der Waals surface area contributed by atoms with Gasteiger partial charge in [-0.2, -0.15) is 0 Å². The molecule has 2 aromatic rings. The fraction of sp³-hybridized carbons (Fsp3) is 0.389. The second-order valence-corrected chi connectivity index (χ2v) is 7.14. The quantitative estimate of drug-likeness (QED) is 0.866. The van der Waals surface area contributed by atoms with Crippen LogP contribution in [0.1, 0.15) is 50.4 Å². The minimum absolute atomic E-state index is 0.00598. The molecule has 6 heteroatoms. The molecule has 0 radical (unpaired) electrons. The van der Waals surface area contributed by atoms with Crippen LogP contribution in [-0.2, 0) is 16.0 Å². The lowest BCUT2D eigenvalue weighted by Crippen LogP contribution is -2.34. The normalized spacial score (nSPS) is 16.3. The molecule has 5 nitrogen and oxygen atoms in total. The Morgan fingerprint density at radius 2 is 2.12 bits per heavy atom. The summed E-state index contributed by atoms with van der Waals surface area (Å²) in [7, 11) is 0. The number of nitrogens with zero attached hydrogens (tertiary/aromatic N) is 1. The standard InChI is InChI=1S/C18H20N2O3S/c1-11-17(24-12(2)19-11)18(22)23-10-16(21)20-15-9-5-7-13-6-3-4-8-14(13)15/h3-4,6,8,15H,5,7,9-10H2,1-2H3,(H,20,21)/t15-/m1/s1. The van der Waals surface area contributed by atoms with Gasteiger partial charge in [-0.1, -0.05) is 24.3 Å². The van der Waals surface area contributed by atoms with E-state index < -0.39 is 5.97 Å². The van der Waals surface area contributed by atoms with Gasteiger partial charge in [0.2, 0.25) is 0 Å². The number of esters is 1. The summed E-state index contributed by atoms with van der Waals surface area (Å²) in [5.41, 5.74) is 3.09. The zero-order valence-electron chi connectivity index (χ0n) is 13.8. The van der Waals surface area contributed by atoms with Gasteiger partial charge < -0.3 is 10.1 Å². The number of fused-ring (bicyclic) bond motifs is 1. The predicted molar refractivity (Wildman–Crippen MR) is 92.1 cm³/mol. The van der Waals surface area contributed by atoms with Crippen LogP contribution < -0.4 is 5.32 Å². The number of aryl methyl sites for hydroxylation is 3. The van der Waals surface area contributed by atoms with E-state index in [1.807, 2.05) is 19.1 Å². The maximum atomic E-state index is 12.1. The first kappa shape index (κ1) is 16.6. The van der Waals surface area contributed by atoms with Crippen LogP contribution in [0.5, 0.6) is 0 Å². The third-order valence-electron chi connectivity index (χ3n) is 4.13. The lowest BCUT2D eigenvalue weighted by Gasteiger charge is -2.26. The van der Waals surface area contributed by atoms with Gasteiger partial charge in [0.1, 0.15) is 4.88 Å². The van der Waals surface area contributed by atoms with Crippen molar-refractivity contribution in [2.24, 2.45) is 0 Å². The smallest absolute Gasteiger partial charge is 0.350 e. The molecule has 0 unspecified atom stereocenters. The zero-order chi connectivity index (χ0) is 17.1. The molecule has 1 aliphatic carbocycles. The Bertz CT molecular complexity index is 769. The number of carbonyl (C=O) groups is 2. The number of benzene rings is 1. The number of nitrogens with one attached hydrogen (secondary N) is 1. The molecule has 0 bridgehead atoms. The number of carbonyl (C=O) groups excluding carboxylic acids is 2. The number of hydrogen-bond acceptors (Lipinski definition) is 5. The Labute approximate surface area is 145 Å². The summed E-state index contributed by atoms with van der Waals surface area (Å²) < 4.78 is 5.13. The Balaban J connectivity index is 1.57. The van der Waals surface area contributed by atoms with Crippen molar-refractivity contribution in [3.05, 3.63) is 51.0 Å². The molecule has 1 aromatic heterocycles. The van der Waals surface area contributed by atoms with Gasteiger partial charge in [-0.15, -0.1) is 11.3 Å². The first-order valence-corrected chi connectivity index (χ1v) is 8.84. The lowest BCUT2D eigenvalue weighted by atomic mass is 9.88. The van der Waals surface area contributed by atoms with Crippen LogP contribution in [0.15, 0.2) is 24.3 Å². The molecular formula is C18H20N2O3S. The molecule has 0 saturated carbocycles. The molecule has 0 aliphatic heterocycles. The van der Waals surface area contributed by atoms with Crippen LogP contribution in [0.2, 0.25) is 0 Å². The summed E-state index contributed by atoms with van der Waals surface area (Å²) in [5.74, 6) is -0.763. The lowest BCUT2D eigenvalue weighted by molar-refractivity contribution is -0.125. The van der Waals surface area contributed by atoms with Crippen molar-refractivity contribution in [2.75, 3.05) is 6.61 Å². The maximum Gasteiger partial charge on any atom is 0.350 e. The van der Waals surface area contributed by atoms with Crippen molar-refractivity contribution in [1.82, 2.24) is 10.3 Å². The monoisotopic (exact) mass is 344 g/mol. The SMILES string of the molecule is Cc1nc(C)c(C(=O)OCC(=O)N[C@@H]2CCCc3ccccc32)s1. The molecular weight excluding hydrogens is 324 g/mol. The molecule has 3 rings (SSSR count). The van der Waals surface area contributed by atoms with Gasteiger partial charge in [0.05, 0.1) is 16.7 Å². The minimum atomic E-state index is -0.489. The molecule has 0 spiro atoms. The van der Waals surface area contributed by atoms with Crippen molar-refractivity contribution in [3.63, 3.8) is 0 Å². The van der Waals surface area contributed by atoms with E-state index in [-0.39, 0.29) is 18.6 Å². The van der Waals surface area contributed by atoms with Crippen molar-refractivity contribution >= 4 is 23.2 Å². The molecule has 1 amide bonds. The predicted octanol–water partition coefficient (Wildman–Crippen LogP) is 3.11. The highest BCUT2D eigenvalue weighted by molar-refractivity contribution is 7.13. The van der Waals surface area contributed by atoms with Gasteiger partial charge in [-0.05, 0) is 44.2 Å². The summed E-state index contributed by atoms with van der Waals surface area (Å²) in [4.78, 5) is 28.8. The molecule has 1 atom stereocenters. The van der Waals surface area contributed by atoms with E-state index in [4.69, 9.17) is 4.74 Å². The summed E-state index contributed by atoms with van der Waals surface area (Å²) in [5, 5.41) is 3.78. The van der Waals surface area contributed by atoms with E-state index in [0.29, 0.717) is 10.6 Å². The van der Waals surface area contributed by atoms with Crippen LogP contribution in [-0.4, -0.2) is 23.5 Å². The highest BCUT2D eigenvalue weighted by atomic mass is 32.1. The Kier molecular flexibility index (Phi) is 4.94. The molecule has 24 heavy (non-hydrogen) atoms. The van der Waals surface area contributed by atoms with Crippen LogP contribution in [0.25, 0.3) is 0 Å². The van der Waals surface area contributed by atoms with E-state index in [2.05, 4.69) is 22.4 Å². The molecule has 1 aromatic carbocycles. The van der Waals surface area contributed by atoms with Crippen molar-refractivity contribution in [1.29, 1.82) is 0 Å². The molecule has 1 aliphatic rings. The van der Waals surface area contributed by atoms with Crippen LogP contribution in [0.4, 0.5) is 0 Å². The van der Waals surface area contributed by atoms with Gasteiger partial charge in [0.15, 0.2) is 6.61 Å². The molecule has 126 valence electrons. The summed E-state index contributed by atoms with van der Waals surface area (Å²) >= 11 is 1.28. The number of amides is 1. The van der Waals surface area contributed by atoms with Gasteiger partial charge in [-0.3, -0.25) is 4.79 Å². The van der Waals surface area contributed by atoms with E-state index in [1.54, 1.807) is 6.92 Å². The van der Waals surface area contributed by atoms with Crippen LogP contribution >= 0.6 is 11.3 Å². The fourth-order valence-electron chi connectivity index (χ4n) is 3.06. The van der Waals surface area contributed by atoms with E-state index in [0.717, 1.165) is 29.8 Å². The van der Waals surface area contributed by atoms with Gasteiger partial charge in [0.25, 0.3) is 5.91 Å². The summed E-state index contributed by atoms with van der Waals surface area (Å²) in [6.07, 6.45) is 2.99. The van der Waals surface area contributed by atoms with Crippen molar-refractivity contribution in [3.8, 4) is 0 Å². The Hall–Kier alpha value is -2.21. The molecule has 1 heterocycles. The molecule has 0 saturated heterocycles. The zero-order valence-corrected chi connectivity index (χ0v) is 14.6. The van der Waals surface area contributed by atoms with Gasteiger partial charge in [0, 0.05) is 0 Å². The molecule has 1 N–H and O–H groups in total. The average molecular weight is 344 g/mol. The van der Waals surface area contributed by atoms with Crippen LogP contribution in [0.3, 0.4) is 0 Å². The second-order valence-electron chi connectivity index (χ2n) is 5.93. The van der Waals surface area contributed by atoms with E-state index >= 15 is 0 Å². The van der Waals surface area contributed by atoms with Crippen molar-refractivity contribution in [2.45, 2.75) is 39.2 Å². The number of aromatic nitrogens is 1. The number of rotatable bonds is 4. The third-order valence-corrected chi connectivity index (χ3v) is 5.18. The Morgan fingerprint density at radius 1 is 1.33 bits per heavy atom. The molecule has 0 fully saturated rings. The largest absolute Gasteiger partial charge is 0.451 e. The van der Waals surface area contributed by atoms with Crippen LogP contribution in [0, 0.1) is 13.8 Å². The first-order chi connectivity index (χ1) is 11.5. The van der Waals surface area contributed by atoms with Gasteiger partial charge >= 0.3 is 5.97 Å². The summed E-state index contributed by atoms with van der Waals surface area (Å²) in [6, 6.07) is 8.15. The summed E-state index contributed by atoms with van der Waals surface area (Å²) in [6.45, 7) is 3.33. The highest BCUT2D eigenvalue weighted by Crippen LogP contribution is 2.29. The fourth-order valence-corrected chi connectivity index (χ4v) is 3.87. The minimum Gasteiger partial charge on any atom is -0.451 e. The third kappa shape index (κ3) is 3.64. The Morgan fingerprint density at radius 3 is 2.88 bits per heavy atom. The number of ether oxygens (including phenoxy) is 1. The highest BCUT2D eigenvalue weighted by Gasteiger charge is 2.22. The average Bonchev–Trinajstić information content (AvgIpc) is 2.91. The maximum absolute atomic E-state index is 12.1. The number of thiazole rings is 1. The topological polar surface area (TPSA) is 68.3 Å². The second kappa shape index (κ2) is 7.13.